The van der Waals surface area contributed by atoms with Gasteiger partial charge in [0.25, 0.3) is 0 Å². The van der Waals surface area contributed by atoms with Gasteiger partial charge in [-0.15, -0.1) is 0 Å². The Morgan fingerprint density at radius 3 is 2.73 bits per heavy atom. The van der Waals surface area contributed by atoms with Gasteiger partial charge in [-0.05, 0) is 25.1 Å². The molecule has 0 amide bonds. The first kappa shape index (κ1) is 11.5. The predicted octanol–water partition coefficient (Wildman–Crippen LogP) is 0.246. The quantitative estimate of drug-likeness (QED) is 0.537. The fourth-order valence-electron chi connectivity index (χ4n) is 1.10. The third-order valence-electron chi connectivity index (χ3n) is 1.65. The van der Waals surface area contributed by atoms with Crippen molar-refractivity contribution in [2.24, 2.45) is 0 Å². The molecule has 0 spiro atoms. The first-order valence-corrected chi connectivity index (χ1v) is 4.42. The normalized spacial score (nSPS) is 9.53. The third-order valence-corrected chi connectivity index (χ3v) is 1.65. The van der Waals surface area contributed by atoms with Gasteiger partial charge in [0.05, 0.1) is 12.2 Å². The molecule has 2 N–H and O–H groups in total. The second-order valence-corrected chi connectivity index (χ2v) is 2.69. The van der Waals surface area contributed by atoms with Crippen molar-refractivity contribution in [3.05, 3.63) is 23.8 Å². The fourth-order valence-corrected chi connectivity index (χ4v) is 1.10. The van der Waals surface area contributed by atoms with E-state index < -0.39 is 7.32 Å². The Bertz CT molecular complexity index is 339. The van der Waals surface area contributed by atoms with Crippen LogP contribution in [0.3, 0.4) is 0 Å². The lowest BCUT2D eigenvalue weighted by atomic mass is 10.2. The Hall–Kier alpha value is -1.53. The summed E-state index contributed by atoms with van der Waals surface area (Å²) in [4.78, 5) is 10.7. The summed E-state index contributed by atoms with van der Waals surface area (Å²) in [6.45, 7) is 2.25. The molecule has 0 atom stereocenters. The van der Waals surface area contributed by atoms with E-state index in [-0.39, 0.29) is 5.75 Å². The molecular weight excluding hydrogens is 199 g/mol. The molecule has 1 aromatic carbocycles. The van der Waals surface area contributed by atoms with E-state index in [4.69, 9.17) is 14.8 Å². The van der Waals surface area contributed by atoms with Crippen LogP contribution in [-0.2, 0) is 0 Å². The Morgan fingerprint density at radius 2 is 2.20 bits per heavy atom. The summed E-state index contributed by atoms with van der Waals surface area (Å²) in [5.74, 6) is 0.628. The van der Waals surface area contributed by atoms with Gasteiger partial charge in [0, 0.05) is 0 Å². The first-order valence-electron chi connectivity index (χ1n) is 4.42. The molecule has 0 bridgehead atoms. The van der Waals surface area contributed by atoms with Crippen LogP contribution in [0.4, 0.5) is 0 Å². The fraction of sp³-hybridized carbons (Fsp3) is 0.222. The zero-order chi connectivity index (χ0) is 11.3. The molecule has 0 unspecified atom stereocenters. The summed E-state index contributed by atoms with van der Waals surface area (Å²) in [5.41, 5.74) is 0.301. The monoisotopic (exact) mass is 210 g/mol. The third kappa shape index (κ3) is 3.27. The van der Waals surface area contributed by atoms with E-state index in [1.807, 2.05) is 0 Å². The number of carbonyl (C=O) groups excluding carboxylic acids is 1. The van der Waals surface area contributed by atoms with E-state index in [2.05, 4.69) is 4.65 Å². The summed E-state index contributed by atoms with van der Waals surface area (Å²) in [6, 6.07) is 4.39. The number of ether oxygens (including phenoxy) is 1. The molecule has 0 aliphatic carbocycles. The average molecular weight is 210 g/mol. The highest BCUT2D eigenvalue weighted by atomic mass is 16.6. The molecule has 0 saturated heterocycles. The SMILES string of the molecule is CCOc1ccc(OB(O)O)cc1C=O. The van der Waals surface area contributed by atoms with Crippen LogP contribution in [0.15, 0.2) is 18.2 Å². The molecule has 0 radical (unpaired) electrons. The van der Waals surface area contributed by atoms with Crippen molar-refractivity contribution in [3.63, 3.8) is 0 Å². The van der Waals surface area contributed by atoms with Gasteiger partial charge >= 0.3 is 7.32 Å². The maximum Gasteiger partial charge on any atom is 0.707 e. The van der Waals surface area contributed by atoms with Crippen molar-refractivity contribution in [2.45, 2.75) is 6.92 Å². The molecule has 5 nitrogen and oxygen atoms in total. The lowest BCUT2D eigenvalue weighted by Crippen LogP contribution is -2.20. The first-order chi connectivity index (χ1) is 7.17. The average Bonchev–Trinajstić information content (AvgIpc) is 2.20. The van der Waals surface area contributed by atoms with Gasteiger partial charge in [0.1, 0.15) is 11.5 Å². The molecule has 1 rings (SSSR count). The summed E-state index contributed by atoms with van der Waals surface area (Å²) >= 11 is 0. The van der Waals surface area contributed by atoms with E-state index in [0.717, 1.165) is 0 Å². The number of benzene rings is 1. The number of hydrogen-bond donors (Lipinski definition) is 2. The molecule has 6 heteroatoms. The van der Waals surface area contributed by atoms with Gasteiger partial charge in [-0.1, -0.05) is 0 Å². The van der Waals surface area contributed by atoms with Crippen LogP contribution in [0.25, 0.3) is 0 Å². The Balaban J connectivity index is 2.91. The van der Waals surface area contributed by atoms with Crippen LogP contribution in [0, 0.1) is 0 Å². The highest BCUT2D eigenvalue weighted by Gasteiger charge is 2.12. The smallest absolute Gasteiger partial charge is 0.512 e. The zero-order valence-corrected chi connectivity index (χ0v) is 8.21. The molecule has 0 saturated carbocycles. The lowest BCUT2D eigenvalue weighted by molar-refractivity contribution is 0.111. The van der Waals surface area contributed by atoms with Gasteiger partial charge in [-0.3, -0.25) is 4.79 Å². The summed E-state index contributed by atoms with van der Waals surface area (Å²) < 4.78 is 9.76. The zero-order valence-electron chi connectivity index (χ0n) is 8.21. The molecular formula is C9H11BO5. The van der Waals surface area contributed by atoms with Gasteiger partial charge in [-0.25, -0.2) is 0 Å². The summed E-state index contributed by atoms with van der Waals surface area (Å²) in [6.07, 6.45) is 0.613. The van der Waals surface area contributed by atoms with Gasteiger partial charge < -0.3 is 19.4 Å². The minimum atomic E-state index is -1.90. The number of hydrogen-bond acceptors (Lipinski definition) is 5. The molecule has 1 aromatic rings. The van der Waals surface area contributed by atoms with Crippen LogP contribution < -0.4 is 9.39 Å². The molecule has 15 heavy (non-hydrogen) atoms. The Kier molecular flexibility index (Phi) is 4.14. The van der Waals surface area contributed by atoms with E-state index in [0.29, 0.717) is 24.2 Å². The lowest BCUT2D eigenvalue weighted by Gasteiger charge is -2.09. The van der Waals surface area contributed by atoms with Crippen molar-refractivity contribution in [3.8, 4) is 11.5 Å². The molecule has 0 fully saturated rings. The van der Waals surface area contributed by atoms with E-state index >= 15 is 0 Å². The molecule has 0 aliphatic rings. The molecule has 0 aliphatic heterocycles. The van der Waals surface area contributed by atoms with E-state index in [1.54, 1.807) is 6.92 Å². The largest absolute Gasteiger partial charge is 0.707 e. The second-order valence-electron chi connectivity index (χ2n) is 2.69. The van der Waals surface area contributed by atoms with E-state index in [1.165, 1.54) is 18.2 Å². The second kappa shape index (κ2) is 5.38. The maximum atomic E-state index is 10.7. The van der Waals surface area contributed by atoms with Crippen molar-refractivity contribution < 1.29 is 24.2 Å². The van der Waals surface area contributed by atoms with Gasteiger partial charge in [0.15, 0.2) is 6.29 Å². The van der Waals surface area contributed by atoms with Crippen molar-refractivity contribution in [1.82, 2.24) is 0 Å². The molecule has 0 heterocycles. The van der Waals surface area contributed by atoms with Crippen LogP contribution in [0.5, 0.6) is 11.5 Å². The van der Waals surface area contributed by atoms with Crippen LogP contribution >= 0.6 is 0 Å². The standard InChI is InChI=1S/C9H11BO5/c1-2-14-9-4-3-8(15-10(12)13)5-7(9)6-11/h3-6,12-13H,2H2,1H3. The van der Waals surface area contributed by atoms with Gasteiger partial charge in [0.2, 0.25) is 0 Å². The maximum absolute atomic E-state index is 10.7. The molecule has 80 valence electrons. The number of carbonyl (C=O) groups is 1. The Morgan fingerprint density at radius 1 is 1.47 bits per heavy atom. The minimum Gasteiger partial charge on any atom is -0.512 e. The number of rotatable bonds is 5. The van der Waals surface area contributed by atoms with Crippen LogP contribution in [0.2, 0.25) is 0 Å². The van der Waals surface area contributed by atoms with E-state index in [9.17, 15) is 4.79 Å². The minimum absolute atomic E-state index is 0.190. The summed E-state index contributed by atoms with van der Waals surface area (Å²) in [5, 5.41) is 17.1. The summed E-state index contributed by atoms with van der Waals surface area (Å²) in [7, 11) is -1.90. The Labute approximate surface area is 87.4 Å². The number of aldehydes is 1. The predicted molar refractivity (Wildman–Crippen MR) is 53.8 cm³/mol. The van der Waals surface area contributed by atoms with Crippen LogP contribution in [0.1, 0.15) is 17.3 Å². The van der Waals surface area contributed by atoms with Crippen molar-refractivity contribution in [2.75, 3.05) is 6.61 Å². The van der Waals surface area contributed by atoms with Crippen LogP contribution in [-0.4, -0.2) is 30.3 Å². The van der Waals surface area contributed by atoms with Crippen molar-refractivity contribution >= 4 is 13.6 Å². The highest BCUT2D eigenvalue weighted by Crippen LogP contribution is 2.22. The van der Waals surface area contributed by atoms with Gasteiger partial charge in [-0.2, -0.15) is 0 Å². The van der Waals surface area contributed by atoms with Crippen molar-refractivity contribution in [1.29, 1.82) is 0 Å². The molecule has 0 aromatic heterocycles. The highest BCUT2D eigenvalue weighted by molar-refractivity contribution is 6.33. The topological polar surface area (TPSA) is 76.0 Å².